The van der Waals surface area contributed by atoms with E-state index in [-0.39, 0.29) is 35.7 Å². The van der Waals surface area contributed by atoms with Crippen LogP contribution in [0.3, 0.4) is 0 Å². The van der Waals surface area contributed by atoms with Crippen LogP contribution in [0.2, 0.25) is 0 Å². The number of anilines is 2. The summed E-state index contributed by atoms with van der Waals surface area (Å²) in [6, 6.07) is 55.0. The number of hydrogen-bond donors (Lipinski definition) is 4. The number of amides is 4. The van der Waals surface area contributed by atoms with Crippen LogP contribution in [0.15, 0.2) is 170 Å². The lowest BCUT2D eigenvalue weighted by Gasteiger charge is -2.25. The molecular weight excluding hydrogens is 969 g/mol. The second kappa shape index (κ2) is 23.1. The third kappa shape index (κ3) is 10.8. The molecule has 4 amide bonds. The Morgan fingerprint density at radius 3 is 1.13 bits per heavy atom. The Labute approximate surface area is 457 Å². The molecule has 0 bridgehead atoms. The van der Waals surface area contributed by atoms with Crippen LogP contribution < -0.4 is 30.7 Å². The topological polar surface area (TPSA) is 135 Å². The smallest absolute Gasteiger partial charge is 0.252 e. The molecule has 0 aliphatic rings. The summed E-state index contributed by atoms with van der Waals surface area (Å²) >= 11 is 0. The van der Waals surface area contributed by atoms with Gasteiger partial charge in [-0.3, -0.25) is 19.2 Å². The van der Waals surface area contributed by atoms with E-state index in [2.05, 4.69) is 45.5 Å². The average molecular weight is 1040 g/mol. The van der Waals surface area contributed by atoms with E-state index in [0.29, 0.717) is 50.7 Å². The maximum absolute atomic E-state index is 14.3. The monoisotopic (exact) mass is 1030 g/mol. The van der Waals surface area contributed by atoms with Crippen molar-refractivity contribution in [1.82, 2.24) is 10.6 Å². The number of nitrogens with one attached hydrogen (secondary N) is 4. The molecule has 9 aromatic carbocycles. The molecule has 10 nitrogen and oxygen atoms in total. The molecule has 394 valence electrons. The van der Waals surface area contributed by atoms with Gasteiger partial charge in [-0.25, -0.2) is 0 Å². The summed E-state index contributed by atoms with van der Waals surface area (Å²) in [5.41, 5.74) is 12.0. The Hall–Kier alpha value is -9.02. The van der Waals surface area contributed by atoms with Gasteiger partial charge >= 0.3 is 0 Å². The predicted octanol–water partition coefficient (Wildman–Crippen LogP) is 15.5. The summed E-state index contributed by atoms with van der Waals surface area (Å²) in [5.74, 6) is -0.888. The van der Waals surface area contributed by atoms with E-state index in [9.17, 15) is 19.2 Å². The Balaban J connectivity index is 1.23. The number of aryl methyl sites for hydroxylation is 2. The van der Waals surface area contributed by atoms with Crippen LogP contribution in [0.1, 0.15) is 96.6 Å². The van der Waals surface area contributed by atoms with Crippen molar-refractivity contribution in [3.8, 4) is 56.0 Å². The fourth-order valence-corrected chi connectivity index (χ4v) is 10.4. The minimum atomic E-state index is -0.417. The van der Waals surface area contributed by atoms with Crippen molar-refractivity contribution in [2.24, 2.45) is 11.8 Å². The van der Waals surface area contributed by atoms with E-state index >= 15 is 0 Å². The summed E-state index contributed by atoms with van der Waals surface area (Å²) < 4.78 is 12.2. The summed E-state index contributed by atoms with van der Waals surface area (Å²) in [6.45, 7) is 15.4. The first kappa shape index (κ1) is 53.8. The molecule has 0 aliphatic carbocycles. The number of benzene rings is 9. The van der Waals surface area contributed by atoms with Crippen LogP contribution in [0, 0.1) is 25.7 Å². The number of rotatable bonds is 16. The fraction of sp³-hybridized carbons (Fsp3) is 0.206. The Morgan fingerprint density at radius 1 is 0.397 bits per heavy atom. The van der Waals surface area contributed by atoms with Gasteiger partial charge in [0.25, 0.3) is 11.8 Å². The van der Waals surface area contributed by atoms with Crippen molar-refractivity contribution in [3.63, 3.8) is 0 Å². The van der Waals surface area contributed by atoms with Gasteiger partial charge in [0.2, 0.25) is 11.8 Å². The zero-order valence-corrected chi connectivity index (χ0v) is 45.9. The predicted molar refractivity (Wildman–Crippen MR) is 317 cm³/mol. The first-order chi connectivity index (χ1) is 37.6. The number of carbonyl (C=O) groups excluding carboxylic acids is 4. The molecule has 9 rings (SSSR count). The number of methoxy groups -OCH3 is 2. The molecule has 0 saturated heterocycles. The van der Waals surface area contributed by atoms with Gasteiger partial charge in [0.05, 0.1) is 43.2 Å². The van der Waals surface area contributed by atoms with Crippen molar-refractivity contribution >= 4 is 56.5 Å². The van der Waals surface area contributed by atoms with E-state index in [4.69, 9.17) is 9.47 Å². The molecular formula is C68H66N4O6. The van der Waals surface area contributed by atoms with Crippen LogP contribution in [-0.2, 0) is 9.59 Å². The lowest BCUT2D eigenvalue weighted by atomic mass is 9.85. The molecule has 4 N–H and O–H groups in total. The third-order valence-corrected chi connectivity index (χ3v) is 14.5. The number of ether oxygens (including phenoxy) is 2. The number of hydrogen-bond acceptors (Lipinski definition) is 6. The highest BCUT2D eigenvalue weighted by Gasteiger charge is 2.28. The first-order valence-corrected chi connectivity index (χ1v) is 26.5. The fourth-order valence-electron chi connectivity index (χ4n) is 10.4. The second-order valence-corrected chi connectivity index (χ2v) is 20.6. The van der Waals surface area contributed by atoms with E-state index in [1.54, 1.807) is 26.4 Å². The summed E-state index contributed by atoms with van der Waals surface area (Å²) in [4.78, 5) is 56.3. The zero-order chi connectivity index (χ0) is 55.4. The second-order valence-electron chi connectivity index (χ2n) is 20.6. The first-order valence-electron chi connectivity index (χ1n) is 26.5. The number of carbonyl (C=O) groups is 4. The van der Waals surface area contributed by atoms with Crippen molar-refractivity contribution in [1.29, 1.82) is 0 Å². The summed E-state index contributed by atoms with van der Waals surface area (Å²) in [7, 11) is 3.15. The van der Waals surface area contributed by atoms with Crippen LogP contribution in [0.5, 0.6) is 11.5 Å². The van der Waals surface area contributed by atoms with Gasteiger partial charge in [0.15, 0.2) is 0 Å². The molecule has 9 aromatic rings. The van der Waals surface area contributed by atoms with E-state index in [0.717, 1.165) is 71.6 Å². The zero-order valence-electron chi connectivity index (χ0n) is 45.9. The van der Waals surface area contributed by atoms with Crippen molar-refractivity contribution in [2.45, 2.75) is 67.5 Å². The Morgan fingerprint density at radius 2 is 0.756 bits per heavy atom. The van der Waals surface area contributed by atoms with Crippen molar-refractivity contribution in [2.75, 3.05) is 24.9 Å². The van der Waals surface area contributed by atoms with Crippen molar-refractivity contribution in [3.05, 3.63) is 203 Å². The molecule has 0 spiro atoms. The largest absolute Gasteiger partial charge is 0.496 e. The standard InChI is InChI=1S/C68H66N4O6/c1-39(2)65(73)71-63-53(51-29-17-25-47-27-19-31-55(60(47)51)59-41(5)35-49(36-42(59)6)67(75)69-43(7)45-21-13-11-14-22-45)33-34-54(64(63)72-66(74)40(3)4)52-30-18-26-48-28-20-32-56(61(48)52)62-57(77-9)37-50(38-58(62)78-10)68(76)70-44(8)46-23-15-12-16-24-46/h11-40,43-44H,1-10H3,(H,69,75)(H,70,76)(H,71,73)(H,72,74). The van der Waals surface area contributed by atoms with Gasteiger partial charge < -0.3 is 30.7 Å². The third-order valence-electron chi connectivity index (χ3n) is 14.5. The maximum Gasteiger partial charge on any atom is 0.252 e. The SMILES string of the molecule is COc1cc(C(=O)NC(C)c2ccccc2)cc(OC)c1-c1cccc2cccc(-c3ccc(-c4cccc5cccc(-c6c(C)cc(C(=O)NC(C)c7ccccc7)cc6C)c45)c(NC(=O)C(C)C)c3NC(=O)C(C)C)c12. The highest BCUT2D eigenvalue weighted by Crippen LogP contribution is 2.50. The Kier molecular flexibility index (Phi) is 15.9. The highest BCUT2D eigenvalue weighted by molar-refractivity contribution is 6.17. The van der Waals surface area contributed by atoms with Gasteiger partial charge in [-0.15, -0.1) is 0 Å². The lowest BCUT2D eigenvalue weighted by molar-refractivity contribution is -0.119. The minimum absolute atomic E-state index is 0.160. The number of fused-ring (bicyclic) bond motifs is 2. The van der Waals surface area contributed by atoms with Crippen LogP contribution in [0.4, 0.5) is 11.4 Å². The minimum Gasteiger partial charge on any atom is -0.496 e. The molecule has 0 saturated carbocycles. The van der Waals surface area contributed by atoms with Crippen molar-refractivity contribution < 1.29 is 28.7 Å². The molecule has 0 fully saturated rings. The molecule has 0 aromatic heterocycles. The Bertz CT molecular complexity index is 3700. The molecule has 2 atom stereocenters. The van der Waals surface area contributed by atoms with Crippen LogP contribution in [-0.4, -0.2) is 37.8 Å². The maximum atomic E-state index is 14.3. The summed E-state index contributed by atoms with van der Waals surface area (Å²) in [5, 5.41) is 16.6. The highest BCUT2D eigenvalue weighted by atomic mass is 16.5. The van der Waals surface area contributed by atoms with Crippen LogP contribution in [0.25, 0.3) is 66.1 Å². The van der Waals surface area contributed by atoms with Gasteiger partial charge in [-0.05, 0) is 124 Å². The van der Waals surface area contributed by atoms with Gasteiger partial charge in [0.1, 0.15) is 11.5 Å². The molecule has 0 radical (unpaired) electrons. The molecule has 78 heavy (non-hydrogen) atoms. The molecule has 0 aliphatic heterocycles. The van der Waals surface area contributed by atoms with Gasteiger partial charge in [0, 0.05) is 34.1 Å². The summed E-state index contributed by atoms with van der Waals surface area (Å²) in [6.07, 6.45) is 0. The van der Waals surface area contributed by atoms with Gasteiger partial charge in [-0.1, -0.05) is 173 Å². The van der Waals surface area contributed by atoms with E-state index in [1.165, 1.54) is 0 Å². The van der Waals surface area contributed by atoms with E-state index in [1.807, 2.05) is 189 Å². The lowest BCUT2D eigenvalue weighted by Crippen LogP contribution is -2.26. The van der Waals surface area contributed by atoms with Gasteiger partial charge in [-0.2, -0.15) is 0 Å². The van der Waals surface area contributed by atoms with Crippen LogP contribution >= 0.6 is 0 Å². The molecule has 0 heterocycles. The normalized spacial score (nSPS) is 12.1. The van der Waals surface area contributed by atoms with E-state index < -0.39 is 11.8 Å². The average Bonchev–Trinajstić information content (AvgIpc) is 3.65. The molecule has 2 unspecified atom stereocenters. The molecule has 10 heteroatoms. The quantitative estimate of drug-likeness (QED) is 0.0761.